The van der Waals surface area contributed by atoms with Gasteiger partial charge in [0.1, 0.15) is 18.4 Å². The molecule has 4 rings (SSSR count). The Morgan fingerprint density at radius 2 is 1.52 bits per heavy atom. The van der Waals surface area contributed by atoms with Crippen molar-refractivity contribution in [2.75, 3.05) is 6.61 Å². The van der Waals surface area contributed by atoms with E-state index in [1.807, 2.05) is 0 Å². The number of aryl methyl sites for hydroxylation is 1. The maximum Gasteiger partial charge on any atom is 0.303 e. The Bertz CT molecular complexity index is 1420. The summed E-state index contributed by atoms with van der Waals surface area (Å²) in [6, 6.07) is 7.18. The zero-order valence-corrected chi connectivity index (χ0v) is 23.4. The lowest BCUT2D eigenvalue weighted by atomic mass is 9.98. The van der Waals surface area contributed by atoms with Crippen LogP contribution in [0.3, 0.4) is 0 Å². The van der Waals surface area contributed by atoms with Crippen molar-refractivity contribution in [3.63, 3.8) is 0 Å². The van der Waals surface area contributed by atoms with Crippen LogP contribution in [0.4, 0.5) is 0 Å². The standard InChI is InChI=1S/C26H29N5O11/c1-13-27-25(29-42-13)18-6-8-20(9-7-18)31-10-19(28-30-31)11-37-26-24(40-17(5)35)23(39-16(4)34)22(38-15(3)33)21(41-26)12-36-14(2)32/h6-10,21-24,26H,11-12H2,1-5H3/t21-,22-,23+,24+,26+/m1/s1. The molecule has 1 aliphatic heterocycles. The summed E-state index contributed by atoms with van der Waals surface area (Å²) in [5.74, 6) is -1.93. The molecule has 5 atom stereocenters. The zero-order chi connectivity index (χ0) is 30.4. The van der Waals surface area contributed by atoms with Gasteiger partial charge < -0.3 is 32.9 Å². The second-order valence-electron chi connectivity index (χ2n) is 9.22. The van der Waals surface area contributed by atoms with Crippen LogP contribution < -0.4 is 0 Å². The van der Waals surface area contributed by atoms with E-state index < -0.39 is 54.6 Å². The van der Waals surface area contributed by atoms with E-state index in [1.54, 1.807) is 37.4 Å². The number of benzene rings is 1. The number of hydrogen-bond donors (Lipinski definition) is 0. The van der Waals surface area contributed by atoms with Crippen molar-refractivity contribution in [3.05, 3.63) is 42.0 Å². The summed E-state index contributed by atoms with van der Waals surface area (Å²) < 4.78 is 39.6. The van der Waals surface area contributed by atoms with Crippen molar-refractivity contribution in [2.45, 2.75) is 71.9 Å². The van der Waals surface area contributed by atoms with E-state index in [-0.39, 0.29) is 13.2 Å². The van der Waals surface area contributed by atoms with Gasteiger partial charge in [-0.25, -0.2) is 4.68 Å². The maximum absolute atomic E-state index is 12.0. The van der Waals surface area contributed by atoms with Gasteiger partial charge in [-0.2, -0.15) is 4.98 Å². The van der Waals surface area contributed by atoms with Gasteiger partial charge in [0.2, 0.25) is 11.7 Å². The molecule has 1 fully saturated rings. The Labute approximate surface area is 239 Å². The summed E-state index contributed by atoms with van der Waals surface area (Å²) in [5.41, 5.74) is 1.81. The number of ether oxygens (including phenoxy) is 6. The van der Waals surface area contributed by atoms with Crippen LogP contribution in [0.1, 0.15) is 39.3 Å². The highest BCUT2D eigenvalue weighted by atomic mass is 16.7. The first-order valence-corrected chi connectivity index (χ1v) is 12.7. The molecule has 0 bridgehead atoms. The fourth-order valence-electron chi connectivity index (χ4n) is 4.16. The molecule has 3 aromatic rings. The smallest absolute Gasteiger partial charge is 0.303 e. The highest BCUT2D eigenvalue weighted by Crippen LogP contribution is 2.30. The minimum atomic E-state index is -1.35. The monoisotopic (exact) mass is 587 g/mol. The normalized spacial score (nSPS) is 21.8. The molecule has 42 heavy (non-hydrogen) atoms. The molecule has 0 radical (unpaired) electrons. The number of aromatic nitrogens is 5. The van der Waals surface area contributed by atoms with Crippen LogP contribution in [0.5, 0.6) is 0 Å². The average molecular weight is 588 g/mol. The summed E-state index contributed by atoms with van der Waals surface area (Å²) in [7, 11) is 0. The molecule has 0 N–H and O–H groups in total. The number of carbonyl (C=O) groups excluding carboxylic acids is 4. The van der Waals surface area contributed by atoms with Crippen molar-refractivity contribution in [1.29, 1.82) is 0 Å². The largest absolute Gasteiger partial charge is 0.463 e. The van der Waals surface area contributed by atoms with Gasteiger partial charge in [0, 0.05) is 40.2 Å². The van der Waals surface area contributed by atoms with Crippen LogP contribution in [0, 0.1) is 6.92 Å². The second kappa shape index (κ2) is 13.3. The second-order valence-corrected chi connectivity index (χ2v) is 9.22. The number of rotatable bonds is 10. The van der Waals surface area contributed by atoms with E-state index in [0.717, 1.165) is 26.3 Å². The minimum absolute atomic E-state index is 0.173. The van der Waals surface area contributed by atoms with E-state index >= 15 is 0 Å². The van der Waals surface area contributed by atoms with Gasteiger partial charge in [-0.3, -0.25) is 19.2 Å². The lowest BCUT2D eigenvalue weighted by Crippen LogP contribution is -2.62. The number of hydrogen-bond acceptors (Lipinski definition) is 15. The summed E-state index contributed by atoms with van der Waals surface area (Å²) in [6.07, 6.45) is -4.83. The molecule has 0 spiro atoms. The first kappa shape index (κ1) is 30.3. The van der Waals surface area contributed by atoms with Crippen molar-refractivity contribution in [3.8, 4) is 17.1 Å². The Hall–Kier alpha value is -4.70. The van der Waals surface area contributed by atoms with Gasteiger partial charge in [-0.05, 0) is 24.3 Å². The van der Waals surface area contributed by atoms with E-state index in [4.69, 9.17) is 32.9 Å². The number of nitrogens with zero attached hydrogens (tertiary/aromatic N) is 5. The van der Waals surface area contributed by atoms with Gasteiger partial charge in [-0.1, -0.05) is 10.4 Å². The fraction of sp³-hybridized carbons (Fsp3) is 0.462. The molecule has 16 heteroatoms. The first-order valence-electron chi connectivity index (χ1n) is 12.7. The molecule has 0 unspecified atom stereocenters. The lowest BCUT2D eigenvalue weighted by Gasteiger charge is -2.43. The van der Waals surface area contributed by atoms with Gasteiger partial charge >= 0.3 is 23.9 Å². The van der Waals surface area contributed by atoms with Gasteiger partial charge in [0.15, 0.2) is 24.6 Å². The molecule has 16 nitrogen and oxygen atoms in total. The summed E-state index contributed by atoms with van der Waals surface area (Å²) >= 11 is 0. The molecule has 1 saturated heterocycles. The van der Waals surface area contributed by atoms with Crippen molar-refractivity contribution < 1.29 is 52.1 Å². The van der Waals surface area contributed by atoms with Crippen LogP contribution in [0.2, 0.25) is 0 Å². The SMILES string of the molecule is CC(=O)OC[C@H]1O[C@H](OCc2cn(-c3ccc(-c4noc(C)n4)cc3)nn2)[C@@H](OC(C)=O)[C@@H](OC(C)=O)[C@@H]1OC(C)=O. The fourth-order valence-corrected chi connectivity index (χ4v) is 4.16. The van der Waals surface area contributed by atoms with Crippen LogP contribution >= 0.6 is 0 Å². The van der Waals surface area contributed by atoms with Crippen molar-refractivity contribution in [2.24, 2.45) is 0 Å². The van der Waals surface area contributed by atoms with Crippen LogP contribution in [0.15, 0.2) is 35.0 Å². The Balaban J connectivity index is 1.52. The maximum atomic E-state index is 12.0. The number of esters is 4. The van der Waals surface area contributed by atoms with Gasteiger partial charge in [-0.15, -0.1) is 5.10 Å². The van der Waals surface area contributed by atoms with E-state index in [2.05, 4.69) is 20.5 Å². The van der Waals surface area contributed by atoms with E-state index in [1.165, 1.54) is 11.6 Å². The average Bonchev–Trinajstić information content (AvgIpc) is 3.58. The third kappa shape index (κ3) is 7.73. The summed E-state index contributed by atoms with van der Waals surface area (Å²) in [4.78, 5) is 51.5. The van der Waals surface area contributed by atoms with Crippen LogP contribution in [-0.2, 0) is 54.2 Å². The number of carbonyl (C=O) groups is 4. The van der Waals surface area contributed by atoms with Crippen LogP contribution in [-0.4, -0.2) is 86.3 Å². The van der Waals surface area contributed by atoms with Gasteiger partial charge in [0.25, 0.3) is 0 Å². The van der Waals surface area contributed by atoms with Crippen molar-refractivity contribution >= 4 is 23.9 Å². The molecular weight excluding hydrogens is 558 g/mol. The highest BCUT2D eigenvalue weighted by molar-refractivity contribution is 5.68. The Morgan fingerprint density at radius 3 is 2.12 bits per heavy atom. The summed E-state index contributed by atoms with van der Waals surface area (Å²) in [5, 5.41) is 12.1. The molecule has 3 heterocycles. The predicted molar refractivity (Wildman–Crippen MR) is 136 cm³/mol. The molecule has 0 saturated carbocycles. The Morgan fingerprint density at radius 1 is 0.881 bits per heavy atom. The van der Waals surface area contributed by atoms with Gasteiger partial charge in [0.05, 0.1) is 18.5 Å². The van der Waals surface area contributed by atoms with E-state index in [0.29, 0.717) is 23.1 Å². The van der Waals surface area contributed by atoms with E-state index in [9.17, 15) is 19.2 Å². The molecular formula is C26H29N5O11. The predicted octanol–water partition coefficient (Wildman–Crippen LogP) is 1.23. The van der Waals surface area contributed by atoms with Crippen LogP contribution in [0.25, 0.3) is 17.1 Å². The first-order chi connectivity index (χ1) is 20.0. The molecule has 1 aromatic carbocycles. The molecule has 0 amide bonds. The minimum Gasteiger partial charge on any atom is -0.463 e. The molecule has 1 aliphatic rings. The third-order valence-electron chi connectivity index (χ3n) is 5.80. The topological polar surface area (TPSA) is 193 Å². The quantitative estimate of drug-likeness (QED) is 0.242. The lowest BCUT2D eigenvalue weighted by molar-refractivity contribution is -0.310. The third-order valence-corrected chi connectivity index (χ3v) is 5.80. The highest BCUT2D eigenvalue weighted by Gasteiger charge is 2.52. The molecule has 0 aliphatic carbocycles. The summed E-state index contributed by atoms with van der Waals surface area (Å²) in [6.45, 7) is 5.76. The molecule has 2 aromatic heterocycles. The zero-order valence-electron chi connectivity index (χ0n) is 23.4. The molecule has 224 valence electrons. The Kier molecular flexibility index (Phi) is 9.59. The van der Waals surface area contributed by atoms with Crippen molar-refractivity contribution in [1.82, 2.24) is 25.1 Å².